The lowest BCUT2D eigenvalue weighted by molar-refractivity contribution is -0.121. The maximum absolute atomic E-state index is 13.1. The van der Waals surface area contributed by atoms with Gasteiger partial charge in [0.1, 0.15) is 5.00 Å². The van der Waals surface area contributed by atoms with E-state index in [1.165, 1.54) is 4.88 Å². The van der Waals surface area contributed by atoms with E-state index < -0.39 is 0 Å². The van der Waals surface area contributed by atoms with Gasteiger partial charge in [0.2, 0.25) is 5.91 Å². The Bertz CT molecular complexity index is 753. The fourth-order valence-corrected chi connectivity index (χ4v) is 5.97. The van der Waals surface area contributed by atoms with E-state index >= 15 is 0 Å². The summed E-state index contributed by atoms with van der Waals surface area (Å²) in [6, 6.07) is 0.784. The second-order valence-electron chi connectivity index (χ2n) is 9.07. The highest BCUT2D eigenvalue weighted by Gasteiger charge is 2.31. The van der Waals surface area contributed by atoms with Crippen LogP contribution in [0, 0.1) is 5.92 Å². The summed E-state index contributed by atoms with van der Waals surface area (Å²) >= 11 is 1.56. The molecule has 0 bridgehead atoms. The smallest absolute Gasteiger partial charge is 0.341 e. The van der Waals surface area contributed by atoms with Crippen molar-refractivity contribution in [1.82, 2.24) is 10.2 Å². The van der Waals surface area contributed by atoms with E-state index in [2.05, 4.69) is 36.3 Å². The molecule has 0 spiro atoms. The number of likely N-dealkylation sites (tertiary alicyclic amines) is 1. The number of piperidine rings is 1. The molecule has 2 heterocycles. The van der Waals surface area contributed by atoms with Crippen molar-refractivity contribution >= 4 is 28.2 Å². The Morgan fingerprint density at radius 1 is 1.20 bits per heavy atom. The van der Waals surface area contributed by atoms with Gasteiger partial charge in [-0.1, -0.05) is 20.8 Å². The van der Waals surface area contributed by atoms with Crippen LogP contribution in [-0.4, -0.2) is 54.6 Å². The lowest BCUT2D eigenvalue weighted by Gasteiger charge is -2.36. The van der Waals surface area contributed by atoms with Crippen LogP contribution in [0.1, 0.15) is 74.7 Å². The van der Waals surface area contributed by atoms with E-state index in [4.69, 9.17) is 4.74 Å². The first kappa shape index (κ1) is 23.2. The van der Waals surface area contributed by atoms with E-state index in [-0.39, 0.29) is 17.9 Å². The molecule has 2 unspecified atom stereocenters. The number of nitrogens with zero attached hydrogens (tertiary/aromatic N) is 1. The lowest BCUT2D eigenvalue weighted by atomic mass is 9.88. The minimum Gasteiger partial charge on any atom is -0.462 e. The van der Waals surface area contributed by atoms with Crippen molar-refractivity contribution in [2.45, 2.75) is 84.8 Å². The number of esters is 1. The summed E-state index contributed by atoms with van der Waals surface area (Å²) in [5, 5.41) is 7.35. The van der Waals surface area contributed by atoms with Gasteiger partial charge in [-0.05, 0) is 57.4 Å². The second-order valence-corrected chi connectivity index (χ2v) is 10.2. The molecule has 1 aromatic rings. The zero-order chi connectivity index (χ0) is 21.8. The van der Waals surface area contributed by atoms with Gasteiger partial charge in [-0.2, -0.15) is 0 Å². The van der Waals surface area contributed by atoms with E-state index in [1.54, 1.807) is 11.3 Å². The molecule has 1 saturated heterocycles. The number of hydrogen-bond acceptors (Lipinski definition) is 6. The molecule has 2 atom stereocenters. The molecule has 2 N–H and O–H groups in total. The molecule has 3 rings (SSSR count). The SMILES string of the molecule is CCOC(=O)c1c(NC(=O)C(C)N2CCC(NC(C)C)CC2)sc2c1CCC(C)C2. The number of anilines is 1. The fourth-order valence-electron chi connectivity index (χ4n) is 4.57. The number of ether oxygens (including phenoxy) is 1. The normalized spacial score (nSPS) is 21.3. The Morgan fingerprint density at radius 3 is 2.53 bits per heavy atom. The van der Waals surface area contributed by atoms with Gasteiger partial charge in [-0.15, -0.1) is 11.3 Å². The third-order valence-electron chi connectivity index (χ3n) is 6.25. The number of hydrogen-bond donors (Lipinski definition) is 2. The highest BCUT2D eigenvalue weighted by atomic mass is 32.1. The highest BCUT2D eigenvalue weighted by molar-refractivity contribution is 7.17. The monoisotopic (exact) mass is 435 g/mol. The predicted molar refractivity (Wildman–Crippen MR) is 122 cm³/mol. The van der Waals surface area contributed by atoms with Gasteiger partial charge < -0.3 is 15.4 Å². The Kier molecular flexibility index (Phi) is 7.93. The quantitative estimate of drug-likeness (QED) is 0.637. The molecule has 2 aliphatic rings. The van der Waals surface area contributed by atoms with E-state index in [0.717, 1.165) is 50.8 Å². The van der Waals surface area contributed by atoms with Crippen LogP contribution in [0.25, 0.3) is 0 Å². The summed E-state index contributed by atoms with van der Waals surface area (Å²) in [6.07, 6.45) is 5.01. The van der Waals surface area contributed by atoms with Crippen LogP contribution in [-0.2, 0) is 22.4 Å². The molecule has 1 aromatic heterocycles. The predicted octanol–water partition coefficient (Wildman–Crippen LogP) is 3.84. The summed E-state index contributed by atoms with van der Waals surface area (Å²) < 4.78 is 5.32. The number of nitrogens with one attached hydrogen (secondary N) is 2. The molecule has 1 amide bonds. The topological polar surface area (TPSA) is 70.7 Å². The largest absolute Gasteiger partial charge is 0.462 e. The van der Waals surface area contributed by atoms with Crippen molar-refractivity contribution in [3.63, 3.8) is 0 Å². The van der Waals surface area contributed by atoms with E-state index in [9.17, 15) is 9.59 Å². The van der Waals surface area contributed by atoms with Crippen LogP contribution >= 0.6 is 11.3 Å². The van der Waals surface area contributed by atoms with Crippen LogP contribution in [0.15, 0.2) is 0 Å². The van der Waals surface area contributed by atoms with Crippen molar-refractivity contribution < 1.29 is 14.3 Å². The molecule has 6 nitrogen and oxygen atoms in total. The van der Waals surface area contributed by atoms with Gasteiger partial charge in [0, 0.05) is 30.1 Å². The van der Waals surface area contributed by atoms with Gasteiger partial charge in [0.05, 0.1) is 18.2 Å². The van der Waals surface area contributed by atoms with Gasteiger partial charge >= 0.3 is 5.97 Å². The highest BCUT2D eigenvalue weighted by Crippen LogP contribution is 2.40. The summed E-state index contributed by atoms with van der Waals surface area (Å²) in [7, 11) is 0. The molecule has 168 valence electrons. The van der Waals surface area contributed by atoms with Gasteiger partial charge in [-0.3, -0.25) is 9.69 Å². The Balaban J connectivity index is 1.69. The van der Waals surface area contributed by atoms with Crippen molar-refractivity contribution in [1.29, 1.82) is 0 Å². The van der Waals surface area contributed by atoms with Crippen molar-refractivity contribution in [2.24, 2.45) is 5.92 Å². The number of fused-ring (bicyclic) bond motifs is 1. The molecule has 7 heteroatoms. The van der Waals surface area contributed by atoms with Crippen LogP contribution < -0.4 is 10.6 Å². The summed E-state index contributed by atoms with van der Waals surface area (Å²) in [6.45, 7) is 12.5. The van der Waals surface area contributed by atoms with Crippen molar-refractivity contribution in [2.75, 3.05) is 25.0 Å². The Hall–Kier alpha value is -1.44. The molecule has 0 radical (unpaired) electrons. The summed E-state index contributed by atoms with van der Waals surface area (Å²) in [4.78, 5) is 29.2. The van der Waals surface area contributed by atoms with Gasteiger partial charge in [0.15, 0.2) is 0 Å². The fraction of sp³-hybridized carbons (Fsp3) is 0.739. The number of thiophene rings is 1. The standard InChI is InChI=1S/C23H37N3O3S/c1-6-29-23(28)20-18-8-7-15(4)13-19(18)30-22(20)25-21(27)16(5)26-11-9-17(10-12-26)24-14(2)3/h14-17,24H,6-13H2,1-5H3,(H,25,27). The van der Waals surface area contributed by atoms with Gasteiger partial charge in [-0.25, -0.2) is 4.79 Å². The minimum atomic E-state index is -0.312. The van der Waals surface area contributed by atoms with Crippen LogP contribution in [0.4, 0.5) is 5.00 Å². The maximum atomic E-state index is 13.1. The Morgan fingerprint density at radius 2 is 1.90 bits per heavy atom. The summed E-state index contributed by atoms with van der Waals surface area (Å²) in [5.41, 5.74) is 1.67. The zero-order valence-corrected chi connectivity index (χ0v) is 19.9. The van der Waals surface area contributed by atoms with Gasteiger partial charge in [0.25, 0.3) is 0 Å². The summed E-state index contributed by atoms with van der Waals surface area (Å²) in [5.74, 6) is 0.255. The van der Waals surface area contributed by atoms with E-state index in [0.29, 0.717) is 35.2 Å². The van der Waals surface area contributed by atoms with E-state index in [1.807, 2.05) is 13.8 Å². The molecular formula is C23H37N3O3S. The third kappa shape index (κ3) is 5.42. The molecule has 1 aliphatic carbocycles. The average molecular weight is 436 g/mol. The van der Waals surface area contributed by atoms with Crippen molar-refractivity contribution in [3.8, 4) is 0 Å². The average Bonchev–Trinajstić information content (AvgIpc) is 3.04. The number of carbonyl (C=O) groups excluding carboxylic acids is 2. The van der Waals surface area contributed by atoms with Crippen molar-refractivity contribution in [3.05, 3.63) is 16.0 Å². The third-order valence-corrected chi connectivity index (χ3v) is 7.42. The number of amides is 1. The first-order valence-electron chi connectivity index (χ1n) is 11.4. The first-order chi connectivity index (χ1) is 14.3. The molecule has 30 heavy (non-hydrogen) atoms. The molecule has 0 saturated carbocycles. The Labute approximate surface area is 184 Å². The minimum absolute atomic E-state index is 0.0394. The molecule has 0 aromatic carbocycles. The van der Waals surface area contributed by atoms with Crippen LogP contribution in [0.2, 0.25) is 0 Å². The van der Waals surface area contributed by atoms with Crippen LogP contribution in [0.5, 0.6) is 0 Å². The lowest BCUT2D eigenvalue weighted by Crippen LogP contribution is -2.50. The second kappa shape index (κ2) is 10.2. The first-order valence-corrected chi connectivity index (χ1v) is 12.2. The number of carbonyl (C=O) groups is 2. The maximum Gasteiger partial charge on any atom is 0.341 e. The molecule has 1 fully saturated rings. The number of rotatable bonds is 7. The zero-order valence-electron chi connectivity index (χ0n) is 19.0. The van der Waals surface area contributed by atoms with Crippen LogP contribution in [0.3, 0.4) is 0 Å². The molecular weight excluding hydrogens is 398 g/mol. The molecule has 1 aliphatic heterocycles.